The summed E-state index contributed by atoms with van der Waals surface area (Å²) < 4.78 is 11.9. The summed E-state index contributed by atoms with van der Waals surface area (Å²) in [6, 6.07) is 23.0. The van der Waals surface area contributed by atoms with Crippen molar-refractivity contribution >= 4 is 38.5 Å². The second-order valence-corrected chi connectivity index (χ2v) is 6.91. The number of hydrogen-bond donors (Lipinski definition) is 1. The lowest BCUT2D eigenvalue weighted by Gasteiger charge is -2.12. The van der Waals surface area contributed by atoms with Gasteiger partial charge >= 0.3 is 5.63 Å². The molecule has 1 N–H and O–H groups in total. The van der Waals surface area contributed by atoms with Crippen molar-refractivity contribution in [1.82, 2.24) is 0 Å². The molecule has 1 aromatic heterocycles. The van der Waals surface area contributed by atoms with E-state index in [4.69, 9.17) is 9.15 Å². The Kier molecular flexibility index (Phi) is 4.95. The summed E-state index contributed by atoms with van der Waals surface area (Å²) in [5.74, 6) is 0.536. The van der Waals surface area contributed by atoms with Gasteiger partial charge in [-0.3, -0.25) is 4.79 Å². The molecule has 0 unspecified atom stereocenters. The van der Waals surface area contributed by atoms with Crippen LogP contribution in [0.5, 0.6) is 11.5 Å². The average molecular weight is 436 g/mol. The normalized spacial score (nSPS) is 10.6. The SMILES string of the molecule is O=C(Nc1ccccc1Oc1ccccc1)c1cc2cc(Br)ccc2oc1=O. The van der Waals surface area contributed by atoms with Crippen molar-refractivity contribution in [3.05, 3.63) is 99.3 Å². The van der Waals surface area contributed by atoms with Crippen LogP contribution in [-0.2, 0) is 0 Å². The molecule has 6 heteroatoms. The van der Waals surface area contributed by atoms with E-state index in [1.165, 1.54) is 6.07 Å². The van der Waals surface area contributed by atoms with E-state index in [0.29, 0.717) is 28.2 Å². The Balaban J connectivity index is 1.65. The molecule has 0 saturated heterocycles. The maximum Gasteiger partial charge on any atom is 0.349 e. The Labute approximate surface area is 168 Å². The largest absolute Gasteiger partial charge is 0.455 e. The molecule has 0 aliphatic rings. The standard InChI is InChI=1S/C22H14BrNO4/c23-15-10-11-19-14(12-15)13-17(22(26)28-19)21(25)24-18-8-4-5-9-20(18)27-16-6-2-1-3-7-16/h1-13H,(H,24,25). The second kappa shape index (κ2) is 7.70. The molecule has 0 radical (unpaired) electrons. The van der Waals surface area contributed by atoms with Crippen molar-refractivity contribution in [2.24, 2.45) is 0 Å². The number of carbonyl (C=O) groups is 1. The van der Waals surface area contributed by atoms with Gasteiger partial charge in [-0.1, -0.05) is 46.3 Å². The van der Waals surface area contributed by atoms with E-state index in [-0.39, 0.29) is 5.56 Å². The number of benzene rings is 3. The lowest BCUT2D eigenvalue weighted by atomic mass is 10.1. The lowest BCUT2D eigenvalue weighted by Crippen LogP contribution is -2.20. The van der Waals surface area contributed by atoms with Crippen molar-refractivity contribution in [2.45, 2.75) is 0 Å². The van der Waals surface area contributed by atoms with Gasteiger partial charge in [0.1, 0.15) is 16.9 Å². The number of anilines is 1. The molecule has 0 atom stereocenters. The lowest BCUT2D eigenvalue weighted by molar-refractivity contribution is 0.102. The number of carbonyl (C=O) groups excluding carboxylic acids is 1. The first-order valence-corrected chi connectivity index (χ1v) is 9.26. The van der Waals surface area contributed by atoms with E-state index in [2.05, 4.69) is 21.2 Å². The number of halogens is 1. The quantitative estimate of drug-likeness (QED) is 0.423. The van der Waals surface area contributed by atoms with Crippen LogP contribution >= 0.6 is 15.9 Å². The van der Waals surface area contributed by atoms with Crippen LogP contribution in [0, 0.1) is 0 Å². The first-order valence-electron chi connectivity index (χ1n) is 8.47. The topological polar surface area (TPSA) is 68.5 Å². The second-order valence-electron chi connectivity index (χ2n) is 6.00. The molecule has 0 bridgehead atoms. The Bertz CT molecular complexity index is 1220. The molecule has 0 aliphatic carbocycles. The predicted molar refractivity (Wildman–Crippen MR) is 111 cm³/mol. The summed E-state index contributed by atoms with van der Waals surface area (Å²) in [5, 5.41) is 3.38. The van der Waals surface area contributed by atoms with E-state index < -0.39 is 11.5 Å². The molecule has 0 aliphatic heterocycles. The van der Waals surface area contributed by atoms with Crippen LogP contribution < -0.4 is 15.7 Å². The molecule has 0 fully saturated rings. The maximum atomic E-state index is 12.7. The molecule has 4 rings (SSSR count). The molecule has 5 nitrogen and oxygen atoms in total. The van der Waals surface area contributed by atoms with Gasteiger partial charge < -0.3 is 14.5 Å². The number of amides is 1. The highest BCUT2D eigenvalue weighted by Gasteiger charge is 2.16. The fourth-order valence-electron chi connectivity index (χ4n) is 2.72. The molecule has 3 aromatic carbocycles. The van der Waals surface area contributed by atoms with E-state index in [9.17, 15) is 9.59 Å². The Morgan fingerprint density at radius 2 is 1.68 bits per heavy atom. The number of ether oxygens (including phenoxy) is 1. The van der Waals surface area contributed by atoms with Gasteiger partial charge in [0.05, 0.1) is 5.69 Å². The van der Waals surface area contributed by atoms with Crippen LogP contribution in [0.1, 0.15) is 10.4 Å². The molecule has 4 aromatic rings. The summed E-state index contributed by atoms with van der Waals surface area (Å²) >= 11 is 3.37. The van der Waals surface area contributed by atoms with E-state index in [1.807, 2.05) is 30.3 Å². The van der Waals surface area contributed by atoms with Gasteiger partial charge in [0.25, 0.3) is 5.91 Å². The Morgan fingerprint density at radius 3 is 2.50 bits per heavy atom. The molecule has 1 amide bonds. The highest BCUT2D eigenvalue weighted by molar-refractivity contribution is 9.10. The summed E-state index contributed by atoms with van der Waals surface area (Å²) in [7, 11) is 0. The zero-order chi connectivity index (χ0) is 19.5. The fourth-order valence-corrected chi connectivity index (χ4v) is 3.10. The third-order valence-corrected chi connectivity index (χ3v) is 4.54. The molecule has 0 saturated carbocycles. The number of para-hydroxylation sites is 3. The van der Waals surface area contributed by atoms with Gasteiger partial charge in [0.2, 0.25) is 0 Å². The molecule has 28 heavy (non-hydrogen) atoms. The van der Waals surface area contributed by atoms with Gasteiger partial charge in [0, 0.05) is 9.86 Å². The number of nitrogens with one attached hydrogen (secondary N) is 1. The highest BCUT2D eigenvalue weighted by Crippen LogP contribution is 2.29. The van der Waals surface area contributed by atoms with Crippen LogP contribution in [0.25, 0.3) is 11.0 Å². The first-order chi connectivity index (χ1) is 13.6. The van der Waals surface area contributed by atoms with Crippen molar-refractivity contribution in [2.75, 3.05) is 5.32 Å². The molecular formula is C22H14BrNO4. The minimum absolute atomic E-state index is 0.0832. The maximum absolute atomic E-state index is 12.7. The molecule has 0 spiro atoms. The molecular weight excluding hydrogens is 422 g/mol. The van der Waals surface area contributed by atoms with Crippen molar-refractivity contribution in [3.63, 3.8) is 0 Å². The van der Waals surface area contributed by atoms with Crippen LogP contribution in [-0.4, -0.2) is 5.91 Å². The van der Waals surface area contributed by atoms with Gasteiger partial charge in [-0.15, -0.1) is 0 Å². The minimum Gasteiger partial charge on any atom is -0.455 e. The zero-order valence-corrected chi connectivity index (χ0v) is 16.1. The van der Waals surface area contributed by atoms with Crippen LogP contribution in [0.4, 0.5) is 5.69 Å². The van der Waals surface area contributed by atoms with E-state index in [1.54, 1.807) is 42.5 Å². The van der Waals surface area contributed by atoms with Crippen molar-refractivity contribution in [1.29, 1.82) is 0 Å². The van der Waals surface area contributed by atoms with Crippen molar-refractivity contribution in [3.8, 4) is 11.5 Å². The zero-order valence-electron chi connectivity index (χ0n) is 14.5. The smallest absolute Gasteiger partial charge is 0.349 e. The minimum atomic E-state index is -0.700. The summed E-state index contributed by atoms with van der Waals surface area (Å²) in [5.41, 5.74) is 0.0801. The Hall–Kier alpha value is -3.38. The first kappa shape index (κ1) is 18.0. The summed E-state index contributed by atoms with van der Waals surface area (Å²) in [6.45, 7) is 0. The van der Waals surface area contributed by atoms with Gasteiger partial charge in [-0.25, -0.2) is 4.79 Å². The van der Waals surface area contributed by atoms with Gasteiger partial charge in [-0.05, 0) is 48.5 Å². The van der Waals surface area contributed by atoms with Gasteiger partial charge in [0.15, 0.2) is 5.75 Å². The summed E-state index contributed by atoms with van der Waals surface area (Å²) in [4.78, 5) is 25.0. The van der Waals surface area contributed by atoms with E-state index >= 15 is 0 Å². The average Bonchev–Trinajstić information content (AvgIpc) is 2.70. The number of fused-ring (bicyclic) bond motifs is 1. The molecule has 1 heterocycles. The highest BCUT2D eigenvalue weighted by atomic mass is 79.9. The third-order valence-electron chi connectivity index (χ3n) is 4.05. The van der Waals surface area contributed by atoms with Crippen LogP contribution in [0.2, 0.25) is 0 Å². The fraction of sp³-hybridized carbons (Fsp3) is 0. The Morgan fingerprint density at radius 1 is 0.929 bits per heavy atom. The molecule has 138 valence electrons. The van der Waals surface area contributed by atoms with Crippen LogP contribution in [0.3, 0.4) is 0 Å². The predicted octanol–water partition coefficient (Wildman–Crippen LogP) is 5.60. The summed E-state index contributed by atoms with van der Waals surface area (Å²) in [6.07, 6.45) is 0. The van der Waals surface area contributed by atoms with Crippen LogP contribution in [0.15, 0.2) is 92.5 Å². The number of rotatable bonds is 4. The van der Waals surface area contributed by atoms with Crippen molar-refractivity contribution < 1.29 is 13.9 Å². The monoisotopic (exact) mass is 435 g/mol. The van der Waals surface area contributed by atoms with Gasteiger partial charge in [-0.2, -0.15) is 0 Å². The van der Waals surface area contributed by atoms with E-state index in [0.717, 1.165) is 4.47 Å². The number of hydrogen-bond acceptors (Lipinski definition) is 4. The third kappa shape index (κ3) is 3.82.